The topological polar surface area (TPSA) is 50.8 Å². The Morgan fingerprint density at radius 2 is 1.89 bits per heavy atom. The molecule has 0 spiro atoms. The molecule has 0 aliphatic carbocycles. The molecule has 0 saturated carbocycles. The molecule has 27 heavy (non-hydrogen) atoms. The number of ether oxygens (including phenoxy) is 2. The summed E-state index contributed by atoms with van der Waals surface area (Å²) < 4.78 is 10.6. The highest BCUT2D eigenvalue weighted by Crippen LogP contribution is 2.14. The Balaban J connectivity index is 1.45. The number of nitrogens with one attached hydrogen (secondary N) is 1. The van der Waals surface area contributed by atoms with Crippen LogP contribution in [0.25, 0.3) is 0 Å². The van der Waals surface area contributed by atoms with Crippen molar-refractivity contribution in [3.63, 3.8) is 0 Å². The monoisotopic (exact) mass is 368 g/mol. The van der Waals surface area contributed by atoms with Crippen molar-refractivity contribution in [3.05, 3.63) is 65.2 Å². The Labute approximate surface area is 161 Å². The van der Waals surface area contributed by atoms with Crippen molar-refractivity contribution < 1.29 is 14.3 Å². The number of hydrogen-bond acceptors (Lipinski definition) is 4. The van der Waals surface area contributed by atoms with Crippen molar-refractivity contribution in [1.29, 1.82) is 0 Å². The fourth-order valence-corrected chi connectivity index (χ4v) is 3.25. The van der Waals surface area contributed by atoms with Gasteiger partial charge in [0, 0.05) is 31.7 Å². The van der Waals surface area contributed by atoms with E-state index in [-0.39, 0.29) is 5.91 Å². The zero-order valence-corrected chi connectivity index (χ0v) is 15.9. The van der Waals surface area contributed by atoms with Crippen molar-refractivity contribution in [2.24, 2.45) is 0 Å². The number of morpholine rings is 1. The highest BCUT2D eigenvalue weighted by atomic mass is 16.5. The lowest BCUT2D eigenvalue weighted by Crippen LogP contribution is -2.35. The van der Waals surface area contributed by atoms with Crippen LogP contribution in [-0.4, -0.2) is 50.8 Å². The first-order valence-electron chi connectivity index (χ1n) is 9.55. The molecular weight excluding hydrogens is 340 g/mol. The zero-order chi connectivity index (χ0) is 18.9. The molecule has 0 bridgehead atoms. The van der Waals surface area contributed by atoms with E-state index in [0.29, 0.717) is 6.54 Å². The van der Waals surface area contributed by atoms with Gasteiger partial charge < -0.3 is 14.8 Å². The molecule has 1 amide bonds. The van der Waals surface area contributed by atoms with Gasteiger partial charge in [0.25, 0.3) is 5.91 Å². The molecule has 0 radical (unpaired) electrons. The minimum absolute atomic E-state index is 0.00975. The second-order valence-corrected chi connectivity index (χ2v) is 6.80. The normalized spacial score (nSPS) is 14.7. The summed E-state index contributed by atoms with van der Waals surface area (Å²) in [6, 6.07) is 16.0. The van der Waals surface area contributed by atoms with Crippen molar-refractivity contribution in [1.82, 2.24) is 10.2 Å². The molecule has 144 valence electrons. The van der Waals surface area contributed by atoms with Crippen molar-refractivity contribution in [3.8, 4) is 5.75 Å². The van der Waals surface area contributed by atoms with E-state index >= 15 is 0 Å². The van der Waals surface area contributed by atoms with E-state index in [0.717, 1.165) is 57.0 Å². The zero-order valence-electron chi connectivity index (χ0n) is 15.9. The van der Waals surface area contributed by atoms with Gasteiger partial charge in [-0.05, 0) is 48.2 Å². The van der Waals surface area contributed by atoms with Crippen LogP contribution in [0.4, 0.5) is 0 Å². The predicted octanol–water partition coefficient (Wildman–Crippen LogP) is 2.89. The number of rotatable bonds is 8. The van der Waals surface area contributed by atoms with Crippen LogP contribution in [0.2, 0.25) is 0 Å². The Morgan fingerprint density at radius 3 is 2.70 bits per heavy atom. The number of methoxy groups -OCH3 is 1. The molecule has 5 nitrogen and oxygen atoms in total. The summed E-state index contributed by atoms with van der Waals surface area (Å²) in [5.74, 6) is 0.859. The molecule has 2 aromatic rings. The van der Waals surface area contributed by atoms with Crippen LogP contribution >= 0.6 is 0 Å². The molecule has 1 N–H and O–H groups in total. The van der Waals surface area contributed by atoms with E-state index in [1.54, 1.807) is 7.11 Å². The van der Waals surface area contributed by atoms with Gasteiger partial charge in [0.15, 0.2) is 0 Å². The number of hydrogen-bond donors (Lipinski definition) is 1. The smallest absolute Gasteiger partial charge is 0.251 e. The molecular formula is C22H28N2O3. The standard InChI is InChI=1S/C22H28N2O3/c1-26-21-9-3-5-18(16-21)7-4-10-23-22(25)20-8-2-6-19(15-20)17-24-11-13-27-14-12-24/h2-3,5-6,8-9,15-16H,4,7,10-14,17H2,1H3,(H,23,25). The van der Waals surface area contributed by atoms with Gasteiger partial charge in [0.2, 0.25) is 0 Å². The van der Waals surface area contributed by atoms with E-state index in [1.165, 1.54) is 11.1 Å². The summed E-state index contributed by atoms with van der Waals surface area (Å²) in [7, 11) is 1.67. The first-order chi connectivity index (χ1) is 13.2. The number of amides is 1. The molecule has 3 rings (SSSR count). The van der Waals surface area contributed by atoms with Crippen LogP contribution in [0.1, 0.15) is 27.9 Å². The number of nitrogens with zero attached hydrogens (tertiary/aromatic N) is 1. The Hall–Kier alpha value is -2.37. The third-order valence-electron chi connectivity index (χ3n) is 4.76. The third-order valence-corrected chi connectivity index (χ3v) is 4.76. The fourth-order valence-electron chi connectivity index (χ4n) is 3.25. The van der Waals surface area contributed by atoms with Gasteiger partial charge in [-0.15, -0.1) is 0 Å². The summed E-state index contributed by atoms with van der Waals surface area (Å²) >= 11 is 0. The maximum atomic E-state index is 12.4. The van der Waals surface area contributed by atoms with Crippen molar-refractivity contribution in [2.75, 3.05) is 40.0 Å². The van der Waals surface area contributed by atoms with Gasteiger partial charge in [-0.25, -0.2) is 0 Å². The average Bonchev–Trinajstić information content (AvgIpc) is 2.72. The molecule has 0 atom stereocenters. The molecule has 1 fully saturated rings. The Bertz CT molecular complexity index is 742. The summed E-state index contributed by atoms with van der Waals surface area (Å²) in [5, 5.41) is 3.02. The van der Waals surface area contributed by atoms with E-state index < -0.39 is 0 Å². The lowest BCUT2D eigenvalue weighted by molar-refractivity contribution is 0.0342. The molecule has 5 heteroatoms. The maximum absolute atomic E-state index is 12.4. The van der Waals surface area contributed by atoms with E-state index in [2.05, 4.69) is 22.3 Å². The lowest BCUT2D eigenvalue weighted by Gasteiger charge is -2.26. The average molecular weight is 368 g/mol. The van der Waals surface area contributed by atoms with Gasteiger partial charge in [-0.3, -0.25) is 9.69 Å². The third kappa shape index (κ3) is 6.08. The van der Waals surface area contributed by atoms with Crippen LogP contribution in [0.5, 0.6) is 5.75 Å². The molecule has 1 aliphatic heterocycles. The number of carbonyl (C=O) groups excluding carboxylic acids is 1. The van der Waals surface area contributed by atoms with Gasteiger partial charge in [-0.2, -0.15) is 0 Å². The van der Waals surface area contributed by atoms with E-state index in [4.69, 9.17) is 9.47 Å². The molecule has 0 unspecified atom stereocenters. The lowest BCUT2D eigenvalue weighted by atomic mass is 10.1. The molecule has 2 aromatic carbocycles. The SMILES string of the molecule is COc1cccc(CCCNC(=O)c2cccc(CN3CCOCC3)c2)c1. The Morgan fingerprint density at radius 1 is 1.11 bits per heavy atom. The predicted molar refractivity (Wildman–Crippen MR) is 106 cm³/mol. The summed E-state index contributed by atoms with van der Waals surface area (Å²) in [4.78, 5) is 14.8. The van der Waals surface area contributed by atoms with Crippen LogP contribution in [0, 0.1) is 0 Å². The first kappa shape index (κ1) is 19.4. The number of carbonyl (C=O) groups is 1. The van der Waals surface area contributed by atoms with Crippen molar-refractivity contribution in [2.45, 2.75) is 19.4 Å². The van der Waals surface area contributed by atoms with E-state index in [1.807, 2.05) is 36.4 Å². The first-order valence-corrected chi connectivity index (χ1v) is 9.55. The molecule has 1 aliphatic rings. The van der Waals surface area contributed by atoms with Gasteiger partial charge >= 0.3 is 0 Å². The number of benzene rings is 2. The summed E-state index contributed by atoms with van der Waals surface area (Å²) in [6.45, 7) is 4.98. The quantitative estimate of drug-likeness (QED) is 0.728. The van der Waals surface area contributed by atoms with Gasteiger partial charge in [-0.1, -0.05) is 24.3 Å². The molecule has 1 saturated heterocycles. The second kappa shape index (κ2) is 10.1. The molecule has 0 aromatic heterocycles. The Kier molecular flexibility index (Phi) is 7.25. The van der Waals surface area contributed by atoms with Crippen LogP contribution in [0.15, 0.2) is 48.5 Å². The molecule has 1 heterocycles. The summed E-state index contributed by atoms with van der Waals surface area (Å²) in [6.07, 6.45) is 1.81. The highest BCUT2D eigenvalue weighted by molar-refractivity contribution is 5.94. The van der Waals surface area contributed by atoms with Crippen LogP contribution < -0.4 is 10.1 Å². The van der Waals surface area contributed by atoms with Crippen LogP contribution in [-0.2, 0) is 17.7 Å². The second-order valence-electron chi connectivity index (χ2n) is 6.80. The highest BCUT2D eigenvalue weighted by Gasteiger charge is 2.12. The van der Waals surface area contributed by atoms with Gasteiger partial charge in [0.1, 0.15) is 5.75 Å². The van der Waals surface area contributed by atoms with Crippen molar-refractivity contribution >= 4 is 5.91 Å². The van der Waals surface area contributed by atoms with Gasteiger partial charge in [0.05, 0.1) is 20.3 Å². The fraction of sp³-hybridized carbons (Fsp3) is 0.409. The largest absolute Gasteiger partial charge is 0.497 e. The van der Waals surface area contributed by atoms with Crippen LogP contribution in [0.3, 0.4) is 0 Å². The minimum atomic E-state index is -0.00975. The maximum Gasteiger partial charge on any atom is 0.251 e. The minimum Gasteiger partial charge on any atom is -0.497 e. The summed E-state index contributed by atoms with van der Waals surface area (Å²) in [5.41, 5.74) is 3.11. The van der Waals surface area contributed by atoms with E-state index in [9.17, 15) is 4.79 Å². The number of aryl methyl sites for hydroxylation is 1.